The van der Waals surface area contributed by atoms with Crippen molar-refractivity contribution in [3.8, 4) is 34.5 Å². The molecular formula is C27H22O8. The first-order chi connectivity index (χ1) is 16.9. The molecule has 178 valence electrons. The molecule has 2 heterocycles. The molecule has 3 aromatic carbocycles. The fourth-order valence-electron chi connectivity index (χ4n) is 4.47. The maximum Gasteiger partial charge on any atom is 0.312 e. The normalized spacial score (nSPS) is 17.3. The Hall–Kier alpha value is -4.46. The average molecular weight is 474 g/mol. The van der Waals surface area contributed by atoms with E-state index >= 15 is 0 Å². The number of methoxy groups -OCH3 is 3. The Morgan fingerprint density at radius 1 is 0.943 bits per heavy atom. The van der Waals surface area contributed by atoms with Crippen LogP contribution in [-0.2, 0) is 4.79 Å². The molecule has 8 heteroatoms. The molecule has 0 aliphatic carbocycles. The summed E-state index contributed by atoms with van der Waals surface area (Å²) in [5.41, 5.74) is 2.28. The third-order valence-corrected chi connectivity index (χ3v) is 6.11. The second kappa shape index (κ2) is 8.72. The molecule has 35 heavy (non-hydrogen) atoms. The van der Waals surface area contributed by atoms with E-state index in [1.54, 1.807) is 48.5 Å². The molecule has 0 amide bonds. The van der Waals surface area contributed by atoms with Crippen molar-refractivity contribution >= 4 is 17.8 Å². The highest BCUT2D eigenvalue weighted by atomic mass is 16.5. The Morgan fingerprint density at radius 3 is 2.49 bits per heavy atom. The van der Waals surface area contributed by atoms with Gasteiger partial charge in [0, 0.05) is 17.0 Å². The smallest absolute Gasteiger partial charge is 0.312 e. The Balaban J connectivity index is 1.61. The van der Waals surface area contributed by atoms with Crippen molar-refractivity contribution < 1.29 is 38.4 Å². The summed E-state index contributed by atoms with van der Waals surface area (Å²) in [6.45, 7) is 0. The van der Waals surface area contributed by atoms with Crippen molar-refractivity contribution in [2.75, 3.05) is 21.3 Å². The molecular weight excluding hydrogens is 452 g/mol. The topological polar surface area (TPSA) is 101 Å². The zero-order valence-electron chi connectivity index (χ0n) is 19.3. The van der Waals surface area contributed by atoms with Gasteiger partial charge in [0.25, 0.3) is 0 Å². The van der Waals surface area contributed by atoms with Crippen LogP contribution in [0.15, 0.2) is 54.3 Å². The van der Waals surface area contributed by atoms with Gasteiger partial charge in [0.15, 0.2) is 28.8 Å². The first-order valence-corrected chi connectivity index (χ1v) is 10.8. The van der Waals surface area contributed by atoms with Gasteiger partial charge in [-0.2, -0.15) is 0 Å². The zero-order chi connectivity index (χ0) is 24.7. The minimum Gasteiger partial charge on any atom is -0.504 e. The van der Waals surface area contributed by atoms with Crippen LogP contribution in [0.5, 0.6) is 34.5 Å². The predicted octanol–water partition coefficient (Wildman–Crippen LogP) is 4.48. The van der Waals surface area contributed by atoms with E-state index < -0.39 is 11.9 Å². The van der Waals surface area contributed by atoms with Gasteiger partial charge in [0.2, 0.25) is 5.78 Å². The Morgan fingerprint density at radius 2 is 1.74 bits per heavy atom. The number of ether oxygens (including phenoxy) is 5. The first-order valence-electron chi connectivity index (χ1n) is 10.8. The van der Waals surface area contributed by atoms with Crippen LogP contribution in [0.2, 0.25) is 0 Å². The fraction of sp³-hybridized carbons (Fsp3) is 0.185. The quantitative estimate of drug-likeness (QED) is 0.328. The molecule has 0 saturated heterocycles. The third kappa shape index (κ3) is 3.73. The number of Topliss-reactive ketones (excluding diaryl/α,β-unsaturated/α-hetero) is 1. The molecule has 0 aromatic heterocycles. The van der Waals surface area contributed by atoms with E-state index in [0.29, 0.717) is 45.3 Å². The molecule has 1 atom stereocenters. The summed E-state index contributed by atoms with van der Waals surface area (Å²) >= 11 is 0. The van der Waals surface area contributed by atoms with Crippen LogP contribution in [0.3, 0.4) is 0 Å². The summed E-state index contributed by atoms with van der Waals surface area (Å²) in [5, 5.41) is 10.0. The van der Waals surface area contributed by atoms with Gasteiger partial charge in [-0.05, 0) is 42.0 Å². The highest BCUT2D eigenvalue weighted by Crippen LogP contribution is 2.50. The van der Waals surface area contributed by atoms with Crippen LogP contribution in [0.1, 0.15) is 39.4 Å². The van der Waals surface area contributed by atoms with Crippen LogP contribution >= 0.6 is 0 Å². The Labute approximate surface area is 201 Å². The zero-order valence-corrected chi connectivity index (χ0v) is 19.3. The standard InChI is InChI=1S/C27H22O8/c1-31-20-6-4-5-15(26(20)33-3)12-22-25(30)16-8-10-19-24(27(16)35-22)17(13-23(29)34-19)14-7-9-18(28)21(11-14)32-2/h4-12,17,28H,13H2,1-3H3/b22-12-/t17-/m0/s1. The van der Waals surface area contributed by atoms with E-state index in [-0.39, 0.29) is 29.5 Å². The number of phenols is 1. The average Bonchev–Trinajstić information content (AvgIpc) is 3.18. The van der Waals surface area contributed by atoms with Crippen LogP contribution in [0, 0.1) is 0 Å². The number of fused-ring (bicyclic) bond motifs is 3. The van der Waals surface area contributed by atoms with Gasteiger partial charge >= 0.3 is 5.97 Å². The number of ketones is 1. The lowest BCUT2D eigenvalue weighted by Gasteiger charge is -2.26. The van der Waals surface area contributed by atoms with Gasteiger partial charge in [-0.1, -0.05) is 18.2 Å². The van der Waals surface area contributed by atoms with Gasteiger partial charge in [-0.15, -0.1) is 0 Å². The molecule has 2 aliphatic rings. The van der Waals surface area contributed by atoms with Gasteiger partial charge < -0.3 is 28.8 Å². The molecule has 8 nitrogen and oxygen atoms in total. The monoisotopic (exact) mass is 474 g/mol. The molecule has 0 unspecified atom stereocenters. The molecule has 0 bridgehead atoms. The number of carbonyl (C=O) groups excluding carboxylic acids is 2. The number of aromatic hydroxyl groups is 1. The number of rotatable bonds is 5. The SMILES string of the molecule is COc1cc([C@@H]2CC(=O)Oc3ccc4c(c32)O/C(=C\c2cccc(OC)c2OC)C4=O)ccc1O. The molecule has 5 rings (SSSR count). The van der Waals surface area contributed by atoms with E-state index in [0.717, 1.165) is 0 Å². The van der Waals surface area contributed by atoms with E-state index in [1.807, 2.05) is 0 Å². The maximum atomic E-state index is 13.3. The van der Waals surface area contributed by atoms with Crippen molar-refractivity contribution in [2.24, 2.45) is 0 Å². The molecule has 3 aromatic rings. The number of benzene rings is 3. The molecule has 0 radical (unpaired) electrons. The lowest BCUT2D eigenvalue weighted by molar-refractivity contribution is -0.135. The second-order valence-corrected chi connectivity index (χ2v) is 8.04. The van der Waals surface area contributed by atoms with Gasteiger partial charge in [0.05, 0.1) is 33.3 Å². The van der Waals surface area contributed by atoms with Crippen LogP contribution in [0.25, 0.3) is 6.08 Å². The van der Waals surface area contributed by atoms with Gasteiger partial charge in [-0.25, -0.2) is 0 Å². The van der Waals surface area contributed by atoms with Crippen molar-refractivity contribution in [2.45, 2.75) is 12.3 Å². The number of para-hydroxylation sites is 1. The molecule has 2 aliphatic heterocycles. The second-order valence-electron chi connectivity index (χ2n) is 8.04. The minimum atomic E-state index is -0.464. The third-order valence-electron chi connectivity index (χ3n) is 6.11. The highest BCUT2D eigenvalue weighted by molar-refractivity contribution is 6.15. The molecule has 0 fully saturated rings. The van der Waals surface area contributed by atoms with E-state index in [9.17, 15) is 14.7 Å². The van der Waals surface area contributed by atoms with Crippen molar-refractivity contribution in [3.05, 3.63) is 76.5 Å². The lowest BCUT2D eigenvalue weighted by Crippen LogP contribution is -2.21. The summed E-state index contributed by atoms with van der Waals surface area (Å²) in [5.74, 6) is 0.858. The molecule has 0 saturated carbocycles. The van der Waals surface area contributed by atoms with Crippen LogP contribution in [0.4, 0.5) is 0 Å². The highest BCUT2D eigenvalue weighted by Gasteiger charge is 2.38. The largest absolute Gasteiger partial charge is 0.504 e. The number of phenolic OH excluding ortho intramolecular Hbond substituents is 1. The molecule has 0 spiro atoms. The minimum absolute atomic E-state index is 0.0166. The fourth-order valence-corrected chi connectivity index (χ4v) is 4.47. The predicted molar refractivity (Wildman–Crippen MR) is 126 cm³/mol. The number of carbonyl (C=O) groups is 2. The summed E-state index contributed by atoms with van der Waals surface area (Å²) < 4.78 is 27.6. The van der Waals surface area contributed by atoms with Gasteiger partial charge in [-0.3, -0.25) is 9.59 Å². The maximum absolute atomic E-state index is 13.3. The summed E-state index contributed by atoms with van der Waals surface area (Å²) in [6.07, 6.45) is 1.64. The van der Waals surface area contributed by atoms with Crippen LogP contribution < -0.4 is 23.7 Å². The van der Waals surface area contributed by atoms with E-state index in [1.165, 1.54) is 27.4 Å². The number of hydrogen-bond donors (Lipinski definition) is 1. The number of allylic oxidation sites excluding steroid dienone is 1. The molecule has 1 N–H and O–H groups in total. The van der Waals surface area contributed by atoms with Crippen molar-refractivity contribution in [1.29, 1.82) is 0 Å². The summed E-state index contributed by atoms with van der Waals surface area (Å²) in [6, 6.07) is 13.4. The number of esters is 1. The number of hydrogen-bond acceptors (Lipinski definition) is 8. The van der Waals surface area contributed by atoms with Crippen molar-refractivity contribution in [3.63, 3.8) is 0 Å². The summed E-state index contributed by atoms with van der Waals surface area (Å²) in [7, 11) is 4.51. The first kappa shape index (κ1) is 22.3. The van der Waals surface area contributed by atoms with E-state index in [4.69, 9.17) is 23.7 Å². The summed E-state index contributed by atoms with van der Waals surface area (Å²) in [4.78, 5) is 25.7. The Bertz CT molecular complexity index is 1390. The Kier molecular flexibility index (Phi) is 5.56. The van der Waals surface area contributed by atoms with E-state index in [2.05, 4.69) is 0 Å². The van der Waals surface area contributed by atoms with Gasteiger partial charge in [0.1, 0.15) is 11.5 Å². The van der Waals surface area contributed by atoms with Crippen molar-refractivity contribution in [1.82, 2.24) is 0 Å². The lowest BCUT2D eigenvalue weighted by atomic mass is 9.84. The van der Waals surface area contributed by atoms with Crippen LogP contribution in [-0.4, -0.2) is 38.2 Å².